The molecule has 0 amide bonds. The van der Waals surface area contributed by atoms with Gasteiger partial charge in [0.15, 0.2) is 0 Å². The maximum Gasteiger partial charge on any atom is 0.0932 e. The van der Waals surface area contributed by atoms with Gasteiger partial charge in [-0.25, -0.2) is 0 Å². The molecule has 92 valence electrons. The lowest BCUT2D eigenvalue weighted by atomic mass is 10.1. The number of aliphatic hydroxyl groups is 1. The zero-order valence-corrected chi connectivity index (χ0v) is 11.9. The van der Waals surface area contributed by atoms with Crippen molar-refractivity contribution in [2.75, 3.05) is 0 Å². The average molecular weight is 274 g/mol. The second-order valence-electron chi connectivity index (χ2n) is 4.87. The monoisotopic (exact) mass is 274 g/mol. The Bertz CT molecular complexity index is 686. The van der Waals surface area contributed by atoms with E-state index in [1.807, 2.05) is 19.9 Å². The number of hydrogen-bond acceptors (Lipinski definition) is 3. The molecule has 0 saturated carbocycles. The van der Waals surface area contributed by atoms with E-state index in [-0.39, 0.29) is 0 Å². The van der Waals surface area contributed by atoms with E-state index in [1.165, 1.54) is 20.5 Å². The zero-order valence-electron chi connectivity index (χ0n) is 10.3. The summed E-state index contributed by atoms with van der Waals surface area (Å²) in [6, 6.07) is 12.7. The van der Waals surface area contributed by atoms with Crippen LogP contribution in [0.2, 0.25) is 0 Å². The summed E-state index contributed by atoms with van der Waals surface area (Å²) in [5.41, 5.74) is 0.509. The fraction of sp³-hybridized carbons (Fsp3) is 0.200. The second-order valence-corrected chi connectivity index (χ2v) is 6.87. The van der Waals surface area contributed by atoms with E-state index in [4.69, 9.17) is 0 Å². The first-order chi connectivity index (χ1) is 8.55. The standard InChI is InChI=1S/C15H14OS2/c1-15(2,16)13-7-6-12(18-13)11-5-3-4-10-8-9-17-14(10)11/h3-9,16H,1-2H3. The molecule has 0 radical (unpaired) electrons. The van der Waals surface area contributed by atoms with Crippen LogP contribution in [0.15, 0.2) is 41.8 Å². The number of fused-ring (bicyclic) bond motifs is 1. The van der Waals surface area contributed by atoms with Crippen molar-refractivity contribution >= 4 is 32.8 Å². The topological polar surface area (TPSA) is 20.2 Å². The van der Waals surface area contributed by atoms with Gasteiger partial charge < -0.3 is 5.11 Å². The molecule has 0 aliphatic rings. The summed E-state index contributed by atoms with van der Waals surface area (Å²) in [6.07, 6.45) is 0. The van der Waals surface area contributed by atoms with Crippen LogP contribution in [0.3, 0.4) is 0 Å². The van der Waals surface area contributed by atoms with Crippen LogP contribution in [0, 0.1) is 0 Å². The largest absolute Gasteiger partial charge is 0.385 e. The van der Waals surface area contributed by atoms with Crippen LogP contribution < -0.4 is 0 Å². The van der Waals surface area contributed by atoms with Crippen molar-refractivity contribution in [3.05, 3.63) is 46.7 Å². The van der Waals surface area contributed by atoms with Gasteiger partial charge in [-0.1, -0.05) is 18.2 Å². The Hall–Kier alpha value is -1.16. The molecular formula is C15H14OS2. The van der Waals surface area contributed by atoms with Gasteiger partial charge in [0.2, 0.25) is 0 Å². The van der Waals surface area contributed by atoms with E-state index in [2.05, 4.69) is 35.7 Å². The molecule has 0 aliphatic heterocycles. The van der Waals surface area contributed by atoms with Gasteiger partial charge in [0.05, 0.1) is 5.60 Å². The fourth-order valence-corrected chi connectivity index (χ4v) is 4.03. The summed E-state index contributed by atoms with van der Waals surface area (Å²) in [6.45, 7) is 3.66. The highest BCUT2D eigenvalue weighted by Gasteiger charge is 2.19. The lowest BCUT2D eigenvalue weighted by molar-refractivity contribution is 0.0826. The molecule has 2 heterocycles. The van der Waals surface area contributed by atoms with Crippen LogP contribution in [0.4, 0.5) is 0 Å². The minimum Gasteiger partial charge on any atom is -0.385 e. The minimum absolute atomic E-state index is 0.758. The SMILES string of the molecule is CC(C)(O)c1ccc(-c2cccc3ccsc23)s1. The molecule has 0 unspecified atom stereocenters. The lowest BCUT2D eigenvalue weighted by Crippen LogP contribution is -2.12. The summed E-state index contributed by atoms with van der Waals surface area (Å²) >= 11 is 3.44. The van der Waals surface area contributed by atoms with Crippen LogP contribution in [0.1, 0.15) is 18.7 Å². The summed E-state index contributed by atoms with van der Waals surface area (Å²) in [7, 11) is 0. The molecule has 0 saturated heterocycles. The zero-order chi connectivity index (χ0) is 12.8. The molecular weight excluding hydrogens is 260 g/mol. The van der Waals surface area contributed by atoms with Gasteiger partial charge in [0.25, 0.3) is 0 Å². The summed E-state index contributed by atoms with van der Waals surface area (Å²) < 4.78 is 1.32. The molecule has 0 fully saturated rings. The van der Waals surface area contributed by atoms with E-state index >= 15 is 0 Å². The number of rotatable bonds is 2. The van der Waals surface area contributed by atoms with Gasteiger partial charge in [-0.05, 0) is 42.8 Å². The third kappa shape index (κ3) is 1.99. The van der Waals surface area contributed by atoms with Crippen molar-refractivity contribution < 1.29 is 5.11 Å². The molecule has 18 heavy (non-hydrogen) atoms. The van der Waals surface area contributed by atoms with Crippen LogP contribution in [-0.4, -0.2) is 5.11 Å². The first-order valence-corrected chi connectivity index (χ1v) is 7.54. The van der Waals surface area contributed by atoms with Crippen LogP contribution >= 0.6 is 22.7 Å². The average Bonchev–Trinajstić information content (AvgIpc) is 2.96. The third-order valence-electron chi connectivity index (χ3n) is 2.95. The van der Waals surface area contributed by atoms with Gasteiger partial charge in [-0.2, -0.15) is 0 Å². The number of thiophene rings is 2. The molecule has 1 nitrogen and oxygen atoms in total. The second kappa shape index (κ2) is 4.19. The van der Waals surface area contributed by atoms with E-state index < -0.39 is 5.60 Å². The summed E-state index contributed by atoms with van der Waals surface area (Å²) in [5.74, 6) is 0. The quantitative estimate of drug-likeness (QED) is 0.707. The Kier molecular flexibility index (Phi) is 2.77. The first kappa shape index (κ1) is 11.9. The van der Waals surface area contributed by atoms with Crippen molar-refractivity contribution in [1.82, 2.24) is 0 Å². The smallest absolute Gasteiger partial charge is 0.0932 e. The molecule has 3 rings (SSSR count). The van der Waals surface area contributed by atoms with E-state index in [0.717, 1.165) is 4.88 Å². The third-order valence-corrected chi connectivity index (χ3v) is 5.35. The molecule has 1 N–H and O–H groups in total. The van der Waals surface area contributed by atoms with Gasteiger partial charge in [-0.15, -0.1) is 22.7 Å². The maximum absolute atomic E-state index is 10.0. The Morgan fingerprint density at radius 3 is 2.61 bits per heavy atom. The Morgan fingerprint density at radius 2 is 1.89 bits per heavy atom. The van der Waals surface area contributed by atoms with E-state index in [1.54, 1.807) is 22.7 Å². The fourth-order valence-electron chi connectivity index (χ4n) is 2.00. The molecule has 1 aromatic carbocycles. The highest BCUT2D eigenvalue weighted by molar-refractivity contribution is 7.19. The van der Waals surface area contributed by atoms with Crippen molar-refractivity contribution in [2.24, 2.45) is 0 Å². The molecule has 3 heteroatoms. The molecule has 3 aromatic rings. The van der Waals surface area contributed by atoms with Crippen LogP contribution in [0.25, 0.3) is 20.5 Å². The molecule has 0 bridgehead atoms. The molecule has 0 aliphatic carbocycles. The molecule has 0 spiro atoms. The maximum atomic E-state index is 10.0. The van der Waals surface area contributed by atoms with Crippen LogP contribution in [0.5, 0.6) is 0 Å². The molecule has 2 aromatic heterocycles. The van der Waals surface area contributed by atoms with Crippen molar-refractivity contribution in [3.8, 4) is 10.4 Å². The van der Waals surface area contributed by atoms with Gasteiger partial charge in [0.1, 0.15) is 0 Å². The number of hydrogen-bond donors (Lipinski definition) is 1. The summed E-state index contributed by atoms with van der Waals surface area (Å²) in [5, 5.41) is 13.4. The Labute approximate surface area is 114 Å². The predicted molar refractivity (Wildman–Crippen MR) is 80.4 cm³/mol. The normalized spacial score (nSPS) is 12.2. The van der Waals surface area contributed by atoms with Gasteiger partial charge >= 0.3 is 0 Å². The van der Waals surface area contributed by atoms with E-state index in [0.29, 0.717) is 0 Å². The van der Waals surface area contributed by atoms with Gasteiger partial charge in [-0.3, -0.25) is 0 Å². The van der Waals surface area contributed by atoms with Crippen molar-refractivity contribution in [3.63, 3.8) is 0 Å². The highest BCUT2D eigenvalue weighted by Crippen LogP contribution is 2.38. The number of benzene rings is 1. The minimum atomic E-state index is -0.758. The Morgan fingerprint density at radius 1 is 1.06 bits per heavy atom. The summed E-state index contributed by atoms with van der Waals surface area (Å²) in [4.78, 5) is 2.23. The molecule has 0 atom stereocenters. The highest BCUT2D eigenvalue weighted by atomic mass is 32.1. The lowest BCUT2D eigenvalue weighted by Gasteiger charge is -2.14. The first-order valence-electron chi connectivity index (χ1n) is 5.85. The van der Waals surface area contributed by atoms with Crippen molar-refractivity contribution in [1.29, 1.82) is 0 Å². The predicted octanol–water partition coefficient (Wildman–Crippen LogP) is 4.86. The van der Waals surface area contributed by atoms with Crippen molar-refractivity contribution in [2.45, 2.75) is 19.4 Å². The van der Waals surface area contributed by atoms with Crippen LogP contribution in [-0.2, 0) is 5.60 Å². The van der Waals surface area contributed by atoms with E-state index in [9.17, 15) is 5.11 Å². The van der Waals surface area contributed by atoms with Gasteiger partial charge in [0, 0.05) is 20.0 Å². The Balaban J connectivity index is 2.15.